The van der Waals surface area contributed by atoms with Crippen LogP contribution < -0.4 is 5.32 Å². The van der Waals surface area contributed by atoms with Crippen LogP contribution in [0.1, 0.15) is 49.2 Å². The minimum atomic E-state index is 0.375. The molecular formula is C17H24N4O2. The van der Waals surface area contributed by atoms with Crippen LogP contribution in [0, 0.1) is 12.8 Å². The molecule has 0 unspecified atom stereocenters. The lowest BCUT2D eigenvalue weighted by Gasteiger charge is -2.10. The van der Waals surface area contributed by atoms with Gasteiger partial charge in [-0.05, 0) is 25.7 Å². The number of hydrogen-bond acceptors (Lipinski definition) is 6. The quantitative estimate of drug-likeness (QED) is 0.883. The molecule has 1 N–H and O–H groups in total. The highest BCUT2D eigenvalue weighted by atomic mass is 16.5. The SMILES string of the molecule is Cc1nc(NCc2cc(CC(C)C)no2)cc([C@@H]2CCOC2)n1. The van der Waals surface area contributed by atoms with E-state index in [9.17, 15) is 0 Å². The molecule has 0 aromatic carbocycles. The van der Waals surface area contributed by atoms with Crippen LogP contribution in [0.5, 0.6) is 0 Å². The van der Waals surface area contributed by atoms with Gasteiger partial charge >= 0.3 is 0 Å². The molecule has 23 heavy (non-hydrogen) atoms. The van der Waals surface area contributed by atoms with Crippen molar-refractivity contribution >= 4 is 5.82 Å². The molecule has 0 saturated carbocycles. The number of nitrogens with one attached hydrogen (secondary N) is 1. The van der Waals surface area contributed by atoms with E-state index < -0.39 is 0 Å². The van der Waals surface area contributed by atoms with E-state index in [0.29, 0.717) is 18.4 Å². The number of aryl methyl sites for hydroxylation is 1. The molecule has 0 aliphatic carbocycles. The predicted octanol–water partition coefficient (Wildman–Crippen LogP) is 3.09. The number of hydrogen-bond donors (Lipinski definition) is 1. The summed E-state index contributed by atoms with van der Waals surface area (Å²) in [6.07, 6.45) is 1.96. The van der Waals surface area contributed by atoms with E-state index in [2.05, 4.69) is 34.3 Å². The number of rotatable bonds is 6. The fourth-order valence-electron chi connectivity index (χ4n) is 2.79. The van der Waals surface area contributed by atoms with Gasteiger partial charge in [0.2, 0.25) is 0 Å². The summed E-state index contributed by atoms with van der Waals surface area (Å²) < 4.78 is 10.8. The minimum absolute atomic E-state index is 0.375. The van der Waals surface area contributed by atoms with Gasteiger partial charge in [0.1, 0.15) is 11.6 Å². The van der Waals surface area contributed by atoms with Crippen LogP contribution in [0.3, 0.4) is 0 Å². The molecular weight excluding hydrogens is 292 g/mol. The van der Waals surface area contributed by atoms with Gasteiger partial charge in [-0.25, -0.2) is 9.97 Å². The molecule has 0 amide bonds. The van der Waals surface area contributed by atoms with Gasteiger partial charge in [0.25, 0.3) is 0 Å². The van der Waals surface area contributed by atoms with Crippen LogP contribution in [-0.2, 0) is 17.7 Å². The molecule has 1 aliphatic rings. The smallest absolute Gasteiger partial charge is 0.156 e. The van der Waals surface area contributed by atoms with E-state index in [1.54, 1.807) is 0 Å². The van der Waals surface area contributed by atoms with Gasteiger partial charge in [0.05, 0.1) is 24.5 Å². The number of aromatic nitrogens is 3. The lowest BCUT2D eigenvalue weighted by molar-refractivity contribution is 0.193. The van der Waals surface area contributed by atoms with Gasteiger partial charge in [-0.2, -0.15) is 0 Å². The minimum Gasteiger partial charge on any atom is -0.381 e. The molecule has 6 nitrogen and oxygen atoms in total. The Balaban J connectivity index is 1.64. The third-order valence-corrected chi connectivity index (χ3v) is 3.87. The lowest BCUT2D eigenvalue weighted by Crippen LogP contribution is -2.07. The van der Waals surface area contributed by atoms with Crippen LogP contribution in [0.25, 0.3) is 0 Å². The van der Waals surface area contributed by atoms with Crippen molar-refractivity contribution in [2.75, 3.05) is 18.5 Å². The third kappa shape index (κ3) is 4.28. The topological polar surface area (TPSA) is 73.1 Å². The molecule has 6 heteroatoms. The second kappa shape index (κ2) is 7.08. The molecule has 0 bridgehead atoms. The summed E-state index contributed by atoms with van der Waals surface area (Å²) in [5.41, 5.74) is 2.05. The molecule has 1 fully saturated rings. The van der Waals surface area contributed by atoms with Crippen LogP contribution >= 0.6 is 0 Å². The summed E-state index contributed by atoms with van der Waals surface area (Å²) in [6, 6.07) is 4.02. The molecule has 1 atom stereocenters. The summed E-state index contributed by atoms with van der Waals surface area (Å²) in [6.45, 7) is 8.39. The Morgan fingerprint density at radius 1 is 1.30 bits per heavy atom. The van der Waals surface area contributed by atoms with Crippen molar-refractivity contribution in [2.45, 2.75) is 46.1 Å². The first-order valence-electron chi connectivity index (χ1n) is 8.22. The van der Waals surface area contributed by atoms with Crippen molar-refractivity contribution in [1.82, 2.24) is 15.1 Å². The molecule has 1 saturated heterocycles. The first kappa shape index (κ1) is 15.9. The first-order valence-corrected chi connectivity index (χ1v) is 8.22. The fourth-order valence-corrected chi connectivity index (χ4v) is 2.79. The third-order valence-electron chi connectivity index (χ3n) is 3.87. The summed E-state index contributed by atoms with van der Waals surface area (Å²) >= 11 is 0. The van der Waals surface area contributed by atoms with Crippen LogP contribution in [0.15, 0.2) is 16.7 Å². The Labute approximate surface area is 136 Å². The Bertz CT molecular complexity index is 648. The number of nitrogens with zero attached hydrogens (tertiary/aromatic N) is 3. The maximum atomic E-state index is 5.45. The highest BCUT2D eigenvalue weighted by Crippen LogP contribution is 2.25. The molecule has 1 aliphatic heterocycles. The average molecular weight is 316 g/mol. The molecule has 2 aromatic rings. The van der Waals surface area contributed by atoms with Crippen molar-refractivity contribution in [2.24, 2.45) is 5.92 Å². The van der Waals surface area contributed by atoms with Crippen molar-refractivity contribution < 1.29 is 9.26 Å². The Kier molecular flexibility index (Phi) is 4.91. The molecule has 3 heterocycles. The highest BCUT2D eigenvalue weighted by Gasteiger charge is 2.20. The summed E-state index contributed by atoms with van der Waals surface area (Å²) in [4.78, 5) is 8.99. The lowest BCUT2D eigenvalue weighted by atomic mass is 10.0. The fraction of sp³-hybridized carbons (Fsp3) is 0.588. The van der Waals surface area contributed by atoms with E-state index in [-0.39, 0.29) is 0 Å². The standard InChI is InChI=1S/C17H24N4O2/c1-11(2)6-14-7-15(23-21-14)9-18-17-8-16(19-12(3)20-17)13-4-5-22-10-13/h7-8,11,13H,4-6,9-10H2,1-3H3,(H,18,19,20)/t13-/m1/s1. The van der Waals surface area contributed by atoms with Crippen LogP contribution in [0.2, 0.25) is 0 Å². The molecule has 124 valence electrons. The van der Waals surface area contributed by atoms with Gasteiger partial charge in [-0.1, -0.05) is 19.0 Å². The van der Waals surface area contributed by atoms with Gasteiger partial charge in [0.15, 0.2) is 5.76 Å². The predicted molar refractivity (Wildman–Crippen MR) is 87.3 cm³/mol. The van der Waals surface area contributed by atoms with E-state index in [4.69, 9.17) is 9.26 Å². The van der Waals surface area contributed by atoms with E-state index in [1.807, 2.05) is 19.1 Å². The van der Waals surface area contributed by atoms with E-state index in [0.717, 1.165) is 54.8 Å². The van der Waals surface area contributed by atoms with Crippen LogP contribution in [-0.4, -0.2) is 28.3 Å². The Hall–Kier alpha value is -1.95. The summed E-state index contributed by atoms with van der Waals surface area (Å²) in [7, 11) is 0. The summed E-state index contributed by atoms with van der Waals surface area (Å²) in [5.74, 6) is 3.36. The van der Waals surface area contributed by atoms with Gasteiger partial charge in [0, 0.05) is 24.7 Å². The average Bonchev–Trinajstić information content (AvgIpc) is 3.15. The zero-order chi connectivity index (χ0) is 16.2. The summed E-state index contributed by atoms with van der Waals surface area (Å²) in [5, 5.41) is 7.41. The molecule has 0 radical (unpaired) electrons. The Morgan fingerprint density at radius 3 is 2.91 bits per heavy atom. The second-order valence-corrected chi connectivity index (χ2v) is 6.52. The zero-order valence-corrected chi connectivity index (χ0v) is 14.0. The monoisotopic (exact) mass is 316 g/mol. The van der Waals surface area contributed by atoms with Crippen molar-refractivity contribution in [1.29, 1.82) is 0 Å². The largest absolute Gasteiger partial charge is 0.381 e. The molecule has 3 rings (SSSR count). The van der Waals surface area contributed by atoms with Crippen LogP contribution in [0.4, 0.5) is 5.82 Å². The maximum Gasteiger partial charge on any atom is 0.156 e. The van der Waals surface area contributed by atoms with Crippen molar-refractivity contribution in [3.8, 4) is 0 Å². The van der Waals surface area contributed by atoms with E-state index >= 15 is 0 Å². The highest BCUT2D eigenvalue weighted by molar-refractivity contribution is 5.37. The Morgan fingerprint density at radius 2 is 2.17 bits per heavy atom. The molecule has 2 aromatic heterocycles. The van der Waals surface area contributed by atoms with Gasteiger partial charge in [-0.15, -0.1) is 0 Å². The second-order valence-electron chi connectivity index (χ2n) is 6.52. The number of anilines is 1. The molecule has 0 spiro atoms. The van der Waals surface area contributed by atoms with E-state index in [1.165, 1.54) is 0 Å². The normalized spacial score (nSPS) is 17.8. The van der Waals surface area contributed by atoms with Gasteiger partial charge in [-0.3, -0.25) is 0 Å². The van der Waals surface area contributed by atoms with Crippen molar-refractivity contribution in [3.05, 3.63) is 35.1 Å². The zero-order valence-electron chi connectivity index (χ0n) is 14.0. The van der Waals surface area contributed by atoms with Crippen molar-refractivity contribution in [3.63, 3.8) is 0 Å². The number of ether oxygens (including phenoxy) is 1. The maximum absolute atomic E-state index is 5.45. The van der Waals surface area contributed by atoms with Gasteiger partial charge < -0.3 is 14.6 Å². The first-order chi connectivity index (χ1) is 11.1.